The van der Waals surface area contributed by atoms with Crippen molar-refractivity contribution in [3.8, 4) is 23.1 Å². The number of aliphatic hydroxyl groups is 1. The first-order valence-corrected chi connectivity index (χ1v) is 11.0. The van der Waals surface area contributed by atoms with Crippen molar-refractivity contribution in [2.45, 2.75) is 20.3 Å². The Morgan fingerprint density at radius 1 is 1.14 bits per heavy atom. The number of pyridine rings is 2. The Morgan fingerprint density at radius 3 is 2.72 bits per heavy atom. The van der Waals surface area contributed by atoms with Crippen molar-refractivity contribution in [2.75, 3.05) is 11.9 Å². The van der Waals surface area contributed by atoms with E-state index in [0.717, 1.165) is 5.56 Å². The highest BCUT2D eigenvalue weighted by Gasteiger charge is 2.19. The molecule has 5 aromatic rings. The summed E-state index contributed by atoms with van der Waals surface area (Å²) in [7, 11) is 0. The van der Waals surface area contributed by atoms with Crippen molar-refractivity contribution in [2.24, 2.45) is 0 Å². The van der Waals surface area contributed by atoms with Gasteiger partial charge in [-0.05, 0) is 38.0 Å². The molecule has 4 heterocycles. The van der Waals surface area contributed by atoms with Crippen molar-refractivity contribution in [3.05, 3.63) is 77.1 Å². The maximum Gasteiger partial charge on any atom is 0.171 e. The number of aliphatic hydroxyl groups excluding tert-OH is 1. The van der Waals surface area contributed by atoms with Crippen LogP contribution in [0.3, 0.4) is 0 Å². The molecule has 36 heavy (non-hydrogen) atoms. The molecule has 9 nitrogen and oxygen atoms in total. The fraction of sp³-hybridized carbons (Fsp3) is 0.160. The van der Waals surface area contributed by atoms with Crippen LogP contribution in [0.25, 0.3) is 28.1 Å². The highest BCUT2D eigenvalue weighted by Crippen LogP contribution is 2.31. The molecule has 0 aliphatic heterocycles. The van der Waals surface area contributed by atoms with Crippen LogP contribution in [0.5, 0.6) is 0 Å². The van der Waals surface area contributed by atoms with Crippen molar-refractivity contribution in [3.63, 3.8) is 0 Å². The Kier molecular flexibility index (Phi) is 5.87. The monoisotopic (exact) mass is 486 g/mol. The molecule has 0 radical (unpaired) electrons. The molecule has 0 saturated carbocycles. The number of aryl methyl sites for hydroxylation is 2. The molecule has 0 fully saturated rings. The normalized spacial score (nSPS) is 11.1. The number of hydrogen-bond donors (Lipinski definition) is 3. The standard InChI is InChI=1S/C25H20F2N8O/c1-13-17(26)7-16(11-29-13)31-19-9-20-22(8-18(19)27)35(12-30-20)23-4-3-15(5-6-36)25(32-23)24-14(2)33-34-21(24)10-28/h3-4,7-9,11-12,31,36H,5-6H2,1-2H3,(H,33,34). The molecule has 180 valence electrons. The lowest BCUT2D eigenvalue weighted by Crippen LogP contribution is -2.04. The van der Waals surface area contributed by atoms with Gasteiger partial charge in [-0.25, -0.2) is 18.7 Å². The first-order valence-electron chi connectivity index (χ1n) is 11.0. The molecule has 5 rings (SSSR count). The first-order chi connectivity index (χ1) is 17.4. The molecule has 0 aliphatic carbocycles. The Labute approximate surface area is 204 Å². The Bertz CT molecular complexity index is 1650. The number of anilines is 2. The lowest BCUT2D eigenvalue weighted by atomic mass is 10.0. The van der Waals surface area contributed by atoms with E-state index in [1.54, 1.807) is 30.5 Å². The third kappa shape index (κ3) is 4.03. The predicted octanol–water partition coefficient (Wildman–Crippen LogP) is 4.25. The second-order valence-electron chi connectivity index (χ2n) is 8.19. The SMILES string of the molecule is Cc1ncc(Nc2cc3ncn(-c4ccc(CCO)c(-c5c(C#N)n[nH]c5C)n4)c3cc2F)cc1F. The Balaban J connectivity index is 1.58. The molecule has 0 saturated heterocycles. The molecule has 1 aromatic carbocycles. The Hall–Kier alpha value is -4.69. The summed E-state index contributed by atoms with van der Waals surface area (Å²) in [6.07, 6.45) is 3.28. The van der Waals surface area contributed by atoms with Gasteiger partial charge in [-0.3, -0.25) is 14.6 Å². The lowest BCUT2D eigenvalue weighted by molar-refractivity contribution is 0.299. The van der Waals surface area contributed by atoms with Gasteiger partial charge in [0.1, 0.15) is 29.8 Å². The van der Waals surface area contributed by atoms with E-state index in [-0.39, 0.29) is 23.7 Å². The number of halogens is 2. The quantitative estimate of drug-likeness (QED) is 0.327. The number of nitrogens with one attached hydrogen (secondary N) is 2. The number of nitriles is 1. The van der Waals surface area contributed by atoms with Crippen LogP contribution < -0.4 is 5.32 Å². The second kappa shape index (κ2) is 9.16. The van der Waals surface area contributed by atoms with Crippen molar-refractivity contribution in [1.82, 2.24) is 29.7 Å². The number of benzene rings is 1. The van der Waals surface area contributed by atoms with E-state index in [4.69, 9.17) is 4.98 Å². The number of aromatic amines is 1. The summed E-state index contributed by atoms with van der Waals surface area (Å²) in [6, 6.07) is 9.69. The van der Waals surface area contributed by atoms with Gasteiger partial charge in [0.25, 0.3) is 0 Å². The van der Waals surface area contributed by atoms with Crippen molar-refractivity contribution < 1.29 is 13.9 Å². The molecule has 11 heteroatoms. The fourth-order valence-corrected chi connectivity index (χ4v) is 3.99. The molecule has 0 bridgehead atoms. The molecule has 0 unspecified atom stereocenters. The topological polar surface area (TPSA) is 128 Å². The molecule has 4 aromatic heterocycles. The van der Waals surface area contributed by atoms with E-state index < -0.39 is 11.6 Å². The van der Waals surface area contributed by atoms with Crippen LogP contribution in [0.4, 0.5) is 20.2 Å². The summed E-state index contributed by atoms with van der Waals surface area (Å²) < 4.78 is 30.5. The average Bonchev–Trinajstić information content (AvgIpc) is 3.44. The number of imidazole rings is 1. The zero-order chi connectivity index (χ0) is 25.4. The smallest absolute Gasteiger partial charge is 0.171 e. The molecule has 0 atom stereocenters. The molecule has 0 amide bonds. The molecule has 0 spiro atoms. The van der Waals surface area contributed by atoms with Crippen LogP contribution in [0.15, 0.2) is 42.9 Å². The third-order valence-corrected chi connectivity index (χ3v) is 5.82. The predicted molar refractivity (Wildman–Crippen MR) is 129 cm³/mol. The first kappa shape index (κ1) is 23.1. The fourth-order valence-electron chi connectivity index (χ4n) is 3.99. The van der Waals surface area contributed by atoms with Crippen LogP contribution in [-0.2, 0) is 6.42 Å². The van der Waals surface area contributed by atoms with Crippen LogP contribution in [0, 0.1) is 36.8 Å². The number of rotatable bonds is 6. The van der Waals surface area contributed by atoms with Gasteiger partial charge in [0.2, 0.25) is 0 Å². The third-order valence-electron chi connectivity index (χ3n) is 5.82. The van der Waals surface area contributed by atoms with Gasteiger partial charge >= 0.3 is 0 Å². The van der Waals surface area contributed by atoms with Gasteiger partial charge in [0, 0.05) is 24.4 Å². The van der Waals surface area contributed by atoms with Gasteiger partial charge in [0.15, 0.2) is 5.69 Å². The molecule has 3 N–H and O–H groups in total. The summed E-state index contributed by atoms with van der Waals surface area (Å²) in [5, 5.41) is 28.7. The summed E-state index contributed by atoms with van der Waals surface area (Å²) >= 11 is 0. The number of nitrogens with zero attached hydrogens (tertiary/aromatic N) is 6. The van der Waals surface area contributed by atoms with Crippen LogP contribution in [0.1, 0.15) is 22.6 Å². The van der Waals surface area contributed by atoms with E-state index in [1.807, 2.05) is 0 Å². The minimum atomic E-state index is -0.570. The minimum Gasteiger partial charge on any atom is -0.396 e. The zero-order valence-electron chi connectivity index (χ0n) is 19.3. The van der Waals surface area contributed by atoms with E-state index >= 15 is 4.39 Å². The van der Waals surface area contributed by atoms with E-state index in [1.165, 1.54) is 30.7 Å². The van der Waals surface area contributed by atoms with E-state index in [2.05, 4.69) is 31.6 Å². The van der Waals surface area contributed by atoms with E-state index in [0.29, 0.717) is 45.9 Å². The minimum absolute atomic E-state index is 0.0950. The maximum absolute atomic E-state index is 15.1. The highest BCUT2D eigenvalue weighted by atomic mass is 19.1. The van der Waals surface area contributed by atoms with Gasteiger partial charge in [-0.1, -0.05) is 6.07 Å². The van der Waals surface area contributed by atoms with E-state index in [9.17, 15) is 14.8 Å². The maximum atomic E-state index is 15.1. The largest absolute Gasteiger partial charge is 0.396 e. The van der Waals surface area contributed by atoms with Crippen LogP contribution in [0.2, 0.25) is 0 Å². The van der Waals surface area contributed by atoms with Crippen LogP contribution in [-0.4, -0.2) is 41.4 Å². The van der Waals surface area contributed by atoms with Gasteiger partial charge < -0.3 is 10.4 Å². The number of H-pyrrole nitrogens is 1. The summed E-state index contributed by atoms with van der Waals surface area (Å²) in [6.45, 7) is 3.23. The van der Waals surface area contributed by atoms with Gasteiger partial charge in [-0.15, -0.1) is 0 Å². The second-order valence-corrected chi connectivity index (χ2v) is 8.19. The van der Waals surface area contributed by atoms with Crippen molar-refractivity contribution >= 4 is 22.4 Å². The summed E-state index contributed by atoms with van der Waals surface area (Å²) in [5.74, 6) is -0.618. The van der Waals surface area contributed by atoms with Gasteiger partial charge in [0.05, 0.1) is 45.6 Å². The Morgan fingerprint density at radius 2 is 1.97 bits per heavy atom. The highest BCUT2D eigenvalue weighted by molar-refractivity contribution is 5.83. The number of aromatic nitrogens is 6. The molecular weight excluding hydrogens is 466 g/mol. The average molecular weight is 486 g/mol. The number of fused-ring (bicyclic) bond motifs is 1. The van der Waals surface area contributed by atoms with Crippen molar-refractivity contribution in [1.29, 1.82) is 5.26 Å². The summed E-state index contributed by atoms with van der Waals surface area (Å²) in [4.78, 5) is 13.1. The lowest BCUT2D eigenvalue weighted by Gasteiger charge is -2.12. The van der Waals surface area contributed by atoms with Crippen LogP contribution >= 0.6 is 0 Å². The van der Waals surface area contributed by atoms with Gasteiger partial charge in [-0.2, -0.15) is 10.4 Å². The summed E-state index contributed by atoms with van der Waals surface area (Å²) in [5.41, 5.74) is 4.27. The number of hydrogen-bond acceptors (Lipinski definition) is 7. The molecular formula is C25H20F2N8O. The molecule has 0 aliphatic rings. The zero-order valence-corrected chi connectivity index (χ0v) is 19.3.